The van der Waals surface area contributed by atoms with Crippen molar-refractivity contribution < 1.29 is 4.79 Å². The molecule has 0 fully saturated rings. The normalized spacial score (nSPS) is 10.1. The number of primary amides is 1. The molecule has 15 heavy (non-hydrogen) atoms. The quantitative estimate of drug-likeness (QED) is 0.670. The Morgan fingerprint density at radius 3 is 2.53 bits per heavy atom. The van der Waals surface area contributed by atoms with Gasteiger partial charge >= 0.3 is 0 Å². The lowest BCUT2D eigenvalue weighted by atomic mass is 10.1. The third-order valence-electron chi connectivity index (χ3n) is 2.10. The van der Waals surface area contributed by atoms with E-state index in [4.69, 9.17) is 11.5 Å². The Bertz CT molecular complexity index is 489. The minimum absolute atomic E-state index is 0.126. The van der Waals surface area contributed by atoms with E-state index in [-0.39, 0.29) is 11.4 Å². The molecule has 76 valence electrons. The summed E-state index contributed by atoms with van der Waals surface area (Å²) in [6.07, 6.45) is 0. The molecule has 0 unspecified atom stereocenters. The van der Waals surface area contributed by atoms with Gasteiger partial charge in [-0.2, -0.15) is 5.10 Å². The van der Waals surface area contributed by atoms with Crippen LogP contribution in [0.4, 0.5) is 5.82 Å². The molecule has 0 saturated heterocycles. The number of hydrogen-bond donors (Lipinski definition) is 3. The highest BCUT2D eigenvalue weighted by Gasteiger charge is 2.16. The molecule has 1 amide bonds. The fourth-order valence-electron chi connectivity index (χ4n) is 1.42. The van der Waals surface area contributed by atoms with Crippen molar-refractivity contribution in [3.63, 3.8) is 0 Å². The maximum Gasteiger partial charge on any atom is 0.254 e. The van der Waals surface area contributed by atoms with Crippen molar-refractivity contribution in [3.05, 3.63) is 35.9 Å². The van der Waals surface area contributed by atoms with Gasteiger partial charge in [0.2, 0.25) is 0 Å². The second-order valence-electron chi connectivity index (χ2n) is 3.09. The largest absolute Gasteiger partial charge is 0.382 e. The van der Waals surface area contributed by atoms with E-state index in [2.05, 4.69) is 10.2 Å². The third kappa shape index (κ3) is 1.54. The van der Waals surface area contributed by atoms with Crippen LogP contribution in [0.15, 0.2) is 30.3 Å². The molecular weight excluding hydrogens is 192 g/mol. The summed E-state index contributed by atoms with van der Waals surface area (Å²) < 4.78 is 0. The molecule has 0 aliphatic carbocycles. The lowest BCUT2D eigenvalue weighted by Crippen LogP contribution is -2.13. The number of nitrogens with zero attached hydrogens (tertiary/aromatic N) is 1. The lowest BCUT2D eigenvalue weighted by molar-refractivity contribution is 0.100. The zero-order valence-electron chi connectivity index (χ0n) is 7.90. The van der Waals surface area contributed by atoms with E-state index in [0.29, 0.717) is 5.69 Å². The van der Waals surface area contributed by atoms with Crippen molar-refractivity contribution in [1.29, 1.82) is 0 Å². The number of amides is 1. The van der Waals surface area contributed by atoms with E-state index >= 15 is 0 Å². The molecule has 0 aliphatic rings. The molecule has 0 saturated carbocycles. The van der Waals surface area contributed by atoms with Crippen LogP contribution >= 0.6 is 0 Å². The molecule has 5 nitrogen and oxygen atoms in total. The smallest absolute Gasteiger partial charge is 0.254 e. The molecule has 1 aromatic heterocycles. The summed E-state index contributed by atoms with van der Waals surface area (Å²) in [4.78, 5) is 11.2. The molecule has 0 radical (unpaired) electrons. The number of anilines is 1. The first kappa shape index (κ1) is 9.26. The summed E-state index contributed by atoms with van der Waals surface area (Å²) in [5.74, 6) is -0.457. The molecule has 0 atom stereocenters. The van der Waals surface area contributed by atoms with Crippen molar-refractivity contribution >= 4 is 11.7 Å². The monoisotopic (exact) mass is 202 g/mol. The van der Waals surface area contributed by atoms with Gasteiger partial charge in [0.05, 0.1) is 5.69 Å². The first-order chi connectivity index (χ1) is 7.20. The first-order valence-corrected chi connectivity index (χ1v) is 4.39. The van der Waals surface area contributed by atoms with E-state index in [9.17, 15) is 4.79 Å². The number of aromatic nitrogens is 2. The Kier molecular flexibility index (Phi) is 2.13. The van der Waals surface area contributed by atoms with Crippen molar-refractivity contribution in [2.45, 2.75) is 0 Å². The number of nitrogens with two attached hydrogens (primary N) is 2. The summed E-state index contributed by atoms with van der Waals surface area (Å²) in [5, 5.41) is 6.46. The SMILES string of the molecule is NC(=O)c1c(N)n[nH]c1-c1ccccc1. The van der Waals surface area contributed by atoms with Crippen molar-refractivity contribution in [2.24, 2.45) is 5.73 Å². The maximum absolute atomic E-state index is 11.2. The fraction of sp³-hybridized carbons (Fsp3) is 0. The van der Waals surface area contributed by atoms with Crippen LogP contribution in [0.1, 0.15) is 10.4 Å². The van der Waals surface area contributed by atoms with E-state index < -0.39 is 5.91 Å². The van der Waals surface area contributed by atoms with Crippen LogP contribution in [0.2, 0.25) is 0 Å². The van der Waals surface area contributed by atoms with Gasteiger partial charge in [-0.1, -0.05) is 30.3 Å². The van der Waals surface area contributed by atoms with Crippen LogP contribution in [0.25, 0.3) is 11.3 Å². The van der Waals surface area contributed by atoms with Gasteiger partial charge in [-0.15, -0.1) is 0 Å². The number of nitrogens with one attached hydrogen (secondary N) is 1. The van der Waals surface area contributed by atoms with E-state index in [1.807, 2.05) is 30.3 Å². The van der Waals surface area contributed by atoms with Gasteiger partial charge < -0.3 is 11.5 Å². The zero-order chi connectivity index (χ0) is 10.8. The van der Waals surface area contributed by atoms with Crippen LogP contribution in [-0.4, -0.2) is 16.1 Å². The van der Waals surface area contributed by atoms with Crippen molar-refractivity contribution in [3.8, 4) is 11.3 Å². The minimum Gasteiger partial charge on any atom is -0.382 e. The molecule has 0 spiro atoms. The number of rotatable bonds is 2. The Morgan fingerprint density at radius 1 is 1.27 bits per heavy atom. The maximum atomic E-state index is 11.2. The molecule has 0 bridgehead atoms. The molecule has 5 N–H and O–H groups in total. The van der Waals surface area contributed by atoms with Crippen LogP contribution < -0.4 is 11.5 Å². The number of carbonyl (C=O) groups is 1. The number of carbonyl (C=O) groups excluding carboxylic acids is 1. The molecule has 2 aromatic rings. The second-order valence-corrected chi connectivity index (χ2v) is 3.09. The number of hydrogen-bond acceptors (Lipinski definition) is 3. The van der Waals surface area contributed by atoms with Crippen LogP contribution in [-0.2, 0) is 0 Å². The topological polar surface area (TPSA) is 97.8 Å². The Hall–Kier alpha value is -2.30. The van der Waals surface area contributed by atoms with Crippen LogP contribution in [0.3, 0.4) is 0 Å². The van der Waals surface area contributed by atoms with Gasteiger partial charge in [-0.05, 0) is 0 Å². The molecule has 1 heterocycles. The third-order valence-corrected chi connectivity index (χ3v) is 2.10. The van der Waals surface area contributed by atoms with Gasteiger partial charge in [-0.25, -0.2) is 0 Å². The molecule has 2 rings (SSSR count). The van der Waals surface area contributed by atoms with Crippen LogP contribution in [0, 0.1) is 0 Å². The zero-order valence-corrected chi connectivity index (χ0v) is 7.90. The molecular formula is C10H10N4O. The van der Waals surface area contributed by atoms with Crippen molar-refractivity contribution in [2.75, 3.05) is 5.73 Å². The van der Waals surface area contributed by atoms with Crippen molar-refractivity contribution in [1.82, 2.24) is 10.2 Å². The second kappa shape index (κ2) is 3.45. The summed E-state index contributed by atoms with van der Waals surface area (Å²) in [6, 6.07) is 9.29. The molecule has 0 aliphatic heterocycles. The molecule has 5 heteroatoms. The fourth-order valence-corrected chi connectivity index (χ4v) is 1.42. The highest BCUT2D eigenvalue weighted by molar-refractivity contribution is 6.03. The average molecular weight is 202 g/mol. The molecule has 1 aromatic carbocycles. The van der Waals surface area contributed by atoms with E-state index in [1.165, 1.54) is 0 Å². The Labute approximate surface area is 86.1 Å². The number of nitrogen functional groups attached to an aromatic ring is 1. The highest BCUT2D eigenvalue weighted by atomic mass is 16.1. The average Bonchev–Trinajstić information content (AvgIpc) is 2.61. The van der Waals surface area contributed by atoms with Gasteiger partial charge in [-0.3, -0.25) is 9.89 Å². The highest BCUT2D eigenvalue weighted by Crippen LogP contribution is 2.24. The lowest BCUT2D eigenvalue weighted by Gasteiger charge is -1.99. The summed E-state index contributed by atoms with van der Waals surface area (Å²) >= 11 is 0. The Balaban J connectivity index is 2.59. The summed E-state index contributed by atoms with van der Waals surface area (Å²) in [5.41, 5.74) is 12.4. The predicted molar refractivity (Wildman–Crippen MR) is 57.0 cm³/mol. The standard InChI is InChI=1S/C10H10N4O/c11-9-7(10(12)15)8(13-14-9)6-4-2-1-3-5-6/h1-5H,(H2,12,15)(H3,11,13,14). The van der Waals surface area contributed by atoms with Gasteiger partial charge in [0.1, 0.15) is 5.56 Å². The summed E-state index contributed by atoms with van der Waals surface area (Å²) in [7, 11) is 0. The van der Waals surface area contributed by atoms with Gasteiger partial charge in [0.25, 0.3) is 5.91 Å². The Morgan fingerprint density at radius 2 is 1.93 bits per heavy atom. The minimum atomic E-state index is -0.583. The van der Waals surface area contributed by atoms with Gasteiger partial charge in [0, 0.05) is 5.56 Å². The number of benzene rings is 1. The predicted octanol–water partition coefficient (Wildman–Crippen LogP) is 0.758. The number of aromatic amines is 1. The first-order valence-electron chi connectivity index (χ1n) is 4.39. The van der Waals surface area contributed by atoms with Gasteiger partial charge in [0.15, 0.2) is 5.82 Å². The number of H-pyrrole nitrogens is 1. The van der Waals surface area contributed by atoms with E-state index in [0.717, 1.165) is 5.56 Å². The van der Waals surface area contributed by atoms with Crippen LogP contribution in [0.5, 0.6) is 0 Å². The van der Waals surface area contributed by atoms with E-state index in [1.54, 1.807) is 0 Å². The summed E-state index contributed by atoms with van der Waals surface area (Å²) in [6.45, 7) is 0.